The monoisotopic (exact) mass is 446 g/mol. The zero-order valence-corrected chi connectivity index (χ0v) is 18.0. The van der Waals surface area contributed by atoms with Crippen LogP contribution in [0.15, 0.2) is 17.6 Å². The fraction of sp³-hybridized carbons (Fsp3) is 0.500. The second-order valence-corrected chi connectivity index (χ2v) is 8.17. The molecule has 2 unspecified atom stereocenters. The third-order valence-corrected chi connectivity index (χ3v) is 6.10. The molecule has 164 valence electrons. The molecule has 4 N–H and O–H groups in total. The van der Waals surface area contributed by atoms with E-state index < -0.39 is 23.7 Å². The molecule has 0 saturated heterocycles. The van der Waals surface area contributed by atoms with Crippen LogP contribution in [0, 0.1) is 17.3 Å². The van der Waals surface area contributed by atoms with E-state index >= 15 is 0 Å². The largest absolute Gasteiger partial charge is 0.467 e. The molecule has 10 nitrogen and oxygen atoms in total. The van der Waals surface area contributed by atoms with E-state index in [1.54, 1.807) is 24.6 Å². The van der Waals surface area contributed by atoms with Gasteiger partial charge in [0.05, 0.1) is 23.9 Å². The van der Waals surface area contributed by atoms with Crippen LogP contribution < -0.4 is 10.6 Å². The molecule has 0 aromatic carbocycles. The van der Waals surface area contributed by atoms with Crippen molar-refractivity contribution in [1.82, 2.24) is 24.8 Å². The molecule has 0 bridgehead atoms. The summed E-state index contributed by atoms with van der Waals surface area (Å²) in [6.07, 6.45) is 1.27. The molecule has 2 aromatic heterocycles. The second kappa shape index (κ2) is 8.00. The summed E-state index contributed by atoms with van der Waals surface area (Å²) in [4.78, 5) is 25.7. The van der Waals surface area contributed by atoms with Crippen LogP contribution in [0.1, 0.15) is 31.6 Å². The Kier molecular flexibility index (Phi) is 5.51. The Bertz CT molecular complexity index is 1120. The van der Waals surface area contributed by atoms with Crippen molar-refractivity contribution in [2.45, 2.75) is 44.1 Å². The summed E-state index contributed by atoms with van der Waals surface area (Å²) in [5.41, 5.74) is -0.224. The number of aliphatic hydroxyl groups is 2. The SMILES string of the molecule is CNC(=O)C1(C)C[C@@H](n2cnc3c(NC)nc(C#CC4CC=C(Cl)O4)nc32)[C@H](O)[C@@H]1O. The molecule has 11 heteroatoms. The Morgan fingerprint density at radius 1 is 1.39 bits per heavy atom. The molecular formula is C20H23ClN6O4. The van der Waals surface area contributed by atoms with Crippen LogP contribution in [0.25, 0.3) is 11.2 Å². The molecule has 1 aliphatic heterocycles. The van der Waals surface area contributed by atoms with Crippen molar-refractivity contribution in [3.8, 4) is 11.8 Å². The van der Waals surface area contributed by atoms with Gasteiger partial charge < -0.3 is 30.2 Å². The number of carbonyl (C=O) groups is 1. The van der Waals surface area contributed by atoms with Crippen LogP contribution in [0.2, 0.25) is 0 Å². The van der Waals surface area contributed by atoms with Crippen molar-refractivity contribution in [1.29, 1.82) is 0 Å². The fourth-order valence-corrected chi connectivity index (χ4v) is 4.29. The quantitative estimate of drug-likeness (QED) is 0.501. The number of ether oxygens (including phenoxy) is 1. The highest BCUT2D eigenvalue weighted by Gasteiger charge is 2.54. The number of hydrogen-bond acceptors (Lipinski definition) is 8. The van der Waals surface area contributed by atoms with Crippen molar-refractivity contribution in [2.75, 3.05) is 19.4 Å². The van der Waals surface area contributed by atoms with E-state index in [2.05, 4.69) is 37.4 Å². The summed E-state index contributed by atoms with van der Waals surface area (Å²) in [7, 11) is 3.21. The predicted molar refractivity (Wildman–Crippen MR) is 113 cm³/mol. The average molecular weight is 447 g/mol. The van der Waals surface area contributed by atoms with Gasteiger partial charge in [-0.1, -0.05) is 0 Å². The van der Waals surface area contributed by atoms with Gasteiger partial charge in [0.25, 0.3) is 0 Å². The first-order chi connectivity index (χ1) is 14.8. The van der Waals surface area contributed by atoms with E-state index in [1.807, 2.05) is 0 Å². The number of hydrogen-bond donors (Lipinski definition) is 4. The number of rotatable bonds is 3. The van der Waals surface area contributed by atoms with Crippen LogP contribution in [0.5, 0.6) is 0 Å². The van der Waals surface area contributed by atoms with E-state index in [-0.39, 0.29) is 24.3 Å². The minimum atomic E-state index is -1.24. The van der Waals surface area contributed by atoms with Crippen LogP contribution in [0.3, 0.4) is 0 Å². The van der Waals surface area contributed by atoms with E-state index in [0.29, 0.717) is 28.6 Å². The van der Waals surface area contributed by atoms with Gasteiger partial charge in [0.1, 0.15) is 6.10 Å². The molecule has 1 saturated carbocycles. The molecule has 1 aliphatic carbocycles. The highest BCUT2D eigenvalue weighted by molar-refractivity contribution is 6.28. The Morgan fingerprint density at radius 2 is 2.16 bits per heavy atom. The number of aliphatic hydroxyl groups excluding tert-OH is 2. The first-order valence-electron chi connectivity index (χ1n) is 9.83. The lowest BCUT2D eigenvalue weighted by molar-refractivity contribution is -0.136. The standard InChI is InChI=1S/C20H23ClN6O4/c1-20(19(30)23-3)8-11(15(28)16(20)29)27-9-24-14-17(22-2)25-13(26-18(14)27)7-5-10-4-6-12(21)31-10/h6,9-11,15-16,28-29H,4,8H2,1-3H3,(H,23,30)(H,22,25,26)/t10?,11-,15+,16+,20?/m1/s1. The number of imidazole rings is 1. The van der Waals surface area contributed by atoms with Gasteiger partial charge in [-0.3, -0.25) is 4.79 Å². The Morgan fingerprint density at radius 3 is 2.81 bits per heavy atom. The van der Waals surface area contributed by atoms with Gasteiger partial charge in [-0.05, 0) is 42.9 Å². The third kappa shape index (κ3) is 3.59. The summed E-state index contributed by atoms with van der Waals surface area (Å²) >= 11 is 5.82. The van der Waals surface area contributed by atoms with Gasteiger partial charge in [0.2, 0.25) is 11.7 Å². The van der Waals surface area contributed by atoms with Gasteiger partial charge >= 0.3 is 0 Å². The average Bonchev–Trinajstić information content (AvgIpc) is 3.44. The molecule has 1 amide bonds. The highest BCUT2D eigenvalue weighted by Crippen LogP contribution is 2.45. The van der Waals surface area contributed by atoms with E-state index in [1.165, 1.54) is 13.4 Å². The van der Waals surface area contributed by atoms with E-state index in [9.17, 15) is 15.0 Å². The number of nitrogens with zero attached hydrogens (tertiary/aromatic N) is 4. The zero-order valence-electron chi connectivity index (χ0n) is 17.3. The third-order valence-electron chi connectivity index (χ3n) is 5.86. The van der Waals surface area contributed by atoms with Crippen LogP contribution in [-0.4, -0.2) is 68.0 Å². The molecule has 31 heavy (non-hydrogen) atoms. The van der Waals surface area contributed by atoms with Crippen LogP contribution in [-0.2, 0) is 9.53 Å². The maximum atomic E-state index is 12.4. The number of fused-ring (bicyclic) bond motifs is 1. The number of carbonyl (C=O) groups excluding carboxylic acids is 1. The van der Waals surface area contributed by atoms with Gasteiger partial charge in [-0.25, -0.2) is 15.0 Å². The first kappa shape index (κ1) is 21.4. The van der Waals surface area contributed by atoms with E-state index in [0.717, 1.165) is 0 Å². The summed E-state index contributed by atoms with van der Waals surface area (Å²) in [5, 5.41) is 27.2. The lowest BCUT2D eigenvalue weighted by Crippen LogP contribution is -2.45. The number of anilines is 1. The zero-order chi connectivity index (χ0) is 22.3. The molecule has 3 heterocycles. The second-order valence-electron chi connectivity index (χ2n) is 7.79. The summed E-state index contributed by atoms with van der Waals surface area (Å²) in [6.45, 7) is 1.63. The smallest absolute Gasteiger partial charge is 0.228 e. The number of halogens is 1. The summed E-state index contributed by atoms with van der Waals surface area (Å²) in [6, 6.07) is -0.608. The lowest BCUT2D eigenvalue weighted by atomic mass is 9.85. The van der Waals surface area contributed by atoms with Crippen molar-refractivity contribution < 1.29 is 19.7 Å². The molecule has 0 spiro atoms. The lowest BCUT2D eigenvalue weighted by Gasteiger charge is -2.26. The van der Waals surface area contributed by atoms with Gasteiger partial charge in [-0.2, -0.15) is 0 Å². The molecule has 5 atom stereocenters. The normalized spacial score (nSPS) is 29.8. The summed E-state index contributed by atoms with van der Waals surface area (Å²) < 4.78 is 7.03. The minimum absolute atomic E-state index is 0.209. The van der Waals surface area contributed by atoms with Crippen LogP contribution in [0.4, 0.5) is 5.82 Å². The molecule has 0 radical (unpaired) electrons. The first-order valence-corrected chi connectivity index (χ1v) is 10.2. The molecular weight excluding hydrogens is 424 g/mol. The van der Waals surface area contributed by atoms with Crippen molar-refractivity contribution in [3.63, 3.8) is 0 Å². The number of amides is 1. The van der Waals surface area contributed by atoms with Gasteiger partial charge in [-0.15, -0.1) is 0 Å². The number of nitrogens with one attached hydrogen (secondary N) is 2. The Hall–Kier alpha value is -2.87. The highest BCUT2D eigenvalue weighted by atomic mass is 35.5. The van der Waals surface area contributed by atoms with Gasteiger partial charge in [0.15, 0.2) is 28.3 Å². The molecule has 1 fully saturated rings. The fourth-order valence-electron chi connectivity index (χ4n) is 4.09. The maximum Gasteiger partial charge on any atom is 0.228 e. The topological polar surface area (TPSA) is 134 Å². The Labute approximate surface area is 183 Å². The van der Waals surface area contributed by atoms with E-state index in [4.69, 9.17) is 16.3 Å². The van der Waals surface area contributed by atoms with Crippen molar-refractivity contribution in [3.05, 3.63) is 23.4 Å². The Balaban J connectivity index is 1.73. The molecule has 2 aliphatic rings. The van der Waals surface area contributed by atoms with Gasteiger partial charge in [0, 0.05) is 20.5 Å². The predicted octanol–water partition coefficient (Wildman–Crippen LogP) is 0.507. The number of aromatic nitrogens is 4. The summed E-state index contributed by atoms with van der Waals surface area (Å²) in [5.74, 6) is 6.22. The van der Waals surface area contributed by atoms with Crippen molar-refractivity contribution >= 4 is 34.5 Å². The van der Waals surface area contributed by atoms with Crippen LogP contribution >= 0.6 is 11.6 Å². The minimum Gasteiger partial charge on any atom is -0.467 e. The van der Waals surface area contributed by atoms with Crippen molar-refractivity contribution in [2.24, 2.45) is 5.41 Å². The molecule has 2 aromatic rings. The maximum absolute atomic E-state index is 12.4. The molecule has 4 rings (SSSR count).